The highest BCUT2D eigenvalue weighted by Crippen LogP contribution is 2.06. The molecule has 0 atom stereocenters. The number of alkyl halides is 1. The van der Waals surface area contributed by atoms with Crippen molar-refractivity contribution < 1.29 is 19.1 Å². The van der Waals surface area contributed by atoms with Crippen molar-refractivity contribution in [2.45, 2.75) is 64.2 Å². The van der Waals surface area contributed by atoms with E-state index in [-0.39, 0.29) is 24.8 Å². The Hall–Kier alpha value is -1.03. The lowest BCUT2D eigenvalue weighted by molar-refractivity contribution is -0.150. The molecule has 0 aromatic rings. The van der Waals surface area contributed by atoms with Crippen molar-refractivity contribution in [3.05, 3.63) is 12.7 Å². The van der Waals surface area contributed by atoms with Crippen molar-refractivity contribution in [2.24, 2.45) is 0 Å². The van der Waals surface area contributed by atoms with Crippen LogP contribution in [-0.2, 0) is 19.1 Å². The van der Waals surface area contributed by atoms with Gasteiger partial charge in [-0.1, -0.05) is 31.8 Å². The number of rotatable bonds is 15. The Balaban J connectivity index is 3.35. The number of hydrogen-bond acceptors (Lipinski definition) is 4. The predicted molar refractivity (Wildman–Crippen MR) is 89.0 cm³/mol. The average molecular weight is 333 g/mol. The second kappa shape index (κ2) is 16.3. The summed E-state index contributed by atoms with van der Waals surface area (Å²) in [5.74, 6) is 0.0550. The molecule has 0 rings (SSSR count). The molecule has 0 aliphatic heterocycles. The maximum atomic E-state index is 11.4. The summed E-state index contributed by atoms with van der Waals surface area (Å²) in [6.45, 7) is 4.40. The highest BCUT2D eigenvalue weighted by Gasteiger charge is 2.08. The molecule has 0 aliphatic rings. The van der Waals surface area contributed by atoms with Gasteiger partial charge in [-0.25, -0.2) is 0 Å². The minimum absolute atomic E-state index is 0.0886. The third-order valence-electron chi connectivity index (χ3n) is 3.14. The predicted octanol–water partition coefficient (Wildman–Crippen LogP) is 4.40. The van der Waals surface area contributed by atoms with Crippen LogP contribution in [0.2, 0.25) is 0 Å². The molecular formula is C17H29ClO4. The monoisotopic (exact) mass is 332 g/mol. The summed E-state index contributed by atoms with van der Waals surface area (Å²) in [6, 6.07) is 0. The molecular weight excluding hydrogens is 304 g/mol. The van der Waals surface area contributed by atoms with Crippen molar-refractivity contribution in [3.63, 3.8) is 0 Å². The molecule has 128 valence electrons. The molecule has 0 saturated heterocycles. The van der Waals surface area contributed by atoms with Gasteiger partial charge in [0, 0.05) is 5.88 Å². The fraction of sp³-hybridized carbons (Fsp3) is 0.765. The fourth-order valence-corrected chi connectivity index (χ4v) is 2.04. The Morgan fingerprint density at radius 2 is 1.32 bits per heavy atom. The van der Waals surface area contributed by atoms with Crippen LogP contribution in [0.3, 0.4) is 0 Å². The van der Waals surface area contributed by atoms with Gasteiger partial charge in [-0.15, -0.1) is 18.2 Å². The van der Waals surface area contributed by atoms with Crippen LogP contribution in [-0.4, -0.2) is 31.0 Å². The molecule has 4 nitrogen and oxygen atoms in total. The topological polar surface area (TPSA) is 52.6 Å². The molecule has 0 aliphatic carbocycles. The number of hydrogen-bond donors (Lipinski definition) is 0. The molecule has 0 fully saturated rings. The number of ether oxygens (including phenoxy) is 2. The van der Waals surface area contributed by atoms with Crippen LogP contribution < -0.4 is 0 Å². The van der Waals surface area contributed by atoms with E-state index in [0.717, 1.165) is 50.8 Å². The van der Waals surface area contributed by atoms with Gasteiger partial charge in [-0.3, -0.25) is 9.59 Å². The van der Waals surface area contributed by atoms with Crippen LogP contribution in [0.15, 0.2) is 12.7 Å². The highest BCUT2D eigenvalue weighted by molar-refractivity contribution is 6.17. The Morgan fingerprint density at radius 1 is 0.818 bits per heavy atom. The van der Waals surface area contributed by atoms with Crippen LogP contribution >= 0.6 is 11.6 Å². The van der Waals surface area contributed by atoms with Crippen LogP contribution in [0.1, 0.15) is 64.2 Å². The maximum Gasteiger partial charge on any atom is 0.306 e. The molecule has 0 heterocycles. The quantitative estimate of drug-likeness (QED) is 0.193. The summed E-state index contributed by atoms with van der Waals surface area (Å²) >= 11 is 5.60. The van der Waals surface area contributed by atoms with E-state index in [1.807, 2.05) is 0 Å². The first-order valence-corrected chi connectivity index (χ1v) is 8.72. The molecule has 0 radical (unpaired) electrons. The zero-order valence-electron chi connectivity index (χ0n) is 13.5. The molecule has 5 heteroatoms. The summed E-state index contributed by atoms with van der Waals surface area (Å²) in [5, 5.41) is 0. The van der Waals surface area contributed by atoms with E-state index < -0.39 is 0 Å². The summed E-state index contributed by atoms with van der Waals surface area (Å²) in [7, 11) is 0. The largest absolute Gasteiger partial charge is 0.466 e. The van der Waals surface area contributed by atoms with Gasteiger partial charge in [0.2, 0.25) is 0 Å². The Bertz CT molecular complexity index is 305. The van der Waals surface area contributed by atoms with Crippen molar-refractivity contribution in [1.29, 1.82) is 0 Å². The van der Waals surface area contributed by atoms with E-state index in [1.165, 1.54) is 6.42 Å². The van der Waals surface area contributed by atoms with E-state index in [0.29, 0.717) is 13.2 Å². The third-order valence-corrected chi connectivity index (χ3v) is 3.41. The number of carbonyl (C=O) groups is 2. The van der Waals surface area contributed by atoms with E-state index in [1.54, 1.807) is 6.08 Å². The summed E-state index contributed by atoms with van der Waals surface area (Å²) in [5.41, 5.74) is 0. The second-order valence-corrected chi connectivity index (χ2v) is 5.56. The van der Waals surface area contributed by atoms with Gasteiger partial charge in [0.25, 0.3) is 0 Å². The Kier molecular flexibility index (Phi) is 15.6. The number of allylic oxidation sites excluding steroid dienone is 1. The minimum atomic E-state index is -0.347. The van der Waals surface area contributed by atoms with E-state index in [9.17, 15) is 9.59 Å². The van der Waals surface area contributed by atoms with Crippen LogP contribution in [0.4, 0.5) is 0 Å². The van der Waals surface area contributed by atoms with Gasteiger partial charge in [-0.2, -0.15) is 0 Å². The first kappa shape index (κ1) is 21.0. The second-order valence-electron chi connectivity index (χ2n) is 5.18. The molecule has 0 aromatic heterocycles. The maximum absolute atomic E-state index is 11.4. The molecule has 0 saturated carbocycles. The molecule has 0 amide bonds. The van der Waals surface area contributed by atoms with E-state index in [4.69, 9.17) is 21.1 Å². The SMILES string of the molecule is C=CCCCOC(=O)CCC(=O)OCCCCCCCCCl. The highest BCUT2D eigenvalue weighted by atomic mass is 35.5. The van der Waals surface area contributed by atoms with E-state index >= 15 is 0 Å². The average Bonchev–Trinajstić information content (AvgIpc) is 2.52. The number of carbonyl (C=O) groups excluding carboxylic acids is 2. The van der Waals surface area contributed by atoms with Crippen molar-refractivity contribution >= 4 is 23.5 Å². The molecule has 0 unspecified atom stereocenters. The van der Waals surface area contributed by atoms with Gasteiger partial charge in [0.15, 0.2) is 0 Å². The first-order chi connectivity index (χ1) is 10.7. The lowest BCUT2D eigenvalue weighted by atomic mass is 10.1. The molecule has 0 N–H and O–H groups in total. The van der Waals surface area contributed by atoms with Crippen LogP contribution in [0, 0.1) is 0 Å². The Labute approximate surface area is 139 Å². The molecule has 0 bridgehead atoms. The zero-order valence-corrected chi connectivity index (χ0v) is 14.2. The van der Waals surface area contributed by atoms with Crippen LogP contribution in [0.5, 0.6) is 0 Å². The van der Waals surface area contributed by atoms with Gasteiger partial charge in [0.05, 0.1) is 26.1 Å². The molecule has 0 spiro atoms. The summed E-state index contributed by atoms with van der Waals surface area (Å²) < 4.78 is 10.1. The van der Waals surface area contributed by atoms with Gasteiger partial charge in [-0.05, 0) is 25.7 Å². The minimum Gasteiger partial charge on any atom is -0.466 e. The van der Waals surface area contributed by atoms with Crippen LogP contribution in [0.25, 0.3) is 0 Å². The Morgan fingerprint density at radius 3 is 1.86 bits per heavy atom. The zero-order chi connectivity index (χ0) is 16.5. The smallest absolute Gasteiger partial charge is 0.306 e. The third kappa shape index (κ3) is 15.4. The first-order valence-electron chi connectivity index (χ1n) is 8.18. The van der Waals surface area contributed by atoms with Crippen molar-refractivity contribution in [1.82, 2.24) is 0 Å². The normalized spacial score (nSPS) is 10.2. The number of unbranched alkanes of at least 4 members (excludes halogenated alkanes) is 6. The number of halogens is 1. The summed E-state index contributed by atoms with van der Waals surface area (Å²) in [6.07, 6.45) is 10.0. The van der Waals surface area contributed by atoms with Gasteiger partial charge >= 0.3 is 11.9 Å². The van der Waals surface area contributed by atoms with Gasteiger partial charge in [0.1, 0.15) is 0 Å². The fourth-order valence-electron chi connectivity index (χ4n) is 1.85. The molecule has 22 heavy (non-hydrogen) atoms. The van der Waals surface area contributed by atoms with Crippen molar-refractivity contribution in [2.75, 3.05) is 19.1 Å². The lowest BCUT2D eigenvalue weighted by Gasteiger charge is -2.05. The van der Waals surface area contributed by atoms with Crippen molar-refractivity contribution in [3.8, 4) is 0 Å². The summed E-state index contributed by atoms with van der Waals surface area (Å²) in [4.78, 5) is 22.8. The van der Waals surface area contributed by atoms with Gasteiger partial charge < -0.3 is 9.47 Å². The standard InChI is InChI=1S/C17H29ClO4/c1-2-3-9-14-21-16(19)11-12-17(20)22-15-10-7-5-4-6-8-13-18/h2H,1,3-15H2. The lowest BCUT2D eigenvalue weighted by Crippen LogP contribution is -2.11. The number of esters is 2. The molecule has 0 aromatic carbocycles. The van der Waals surface area contributed by atoms with E-state index in [2.05, 4.69) is 6.58 Å².